The van der Waals surface area contributed by atoms with E-state index in [0.29, 0.717) is 0 Å². The van der Waals surface area contributed by atoms with Gasteiger partial charge in [-0.25, -0.2) is 4.79 Å². The highest BCUT2D eigenvalue weighted by molar-refractivity contribution is 6.02. The van der Waals surface area contributed by atoms with Crippen LogP contribution in [0.4, 0.5) is 10.5 Å². The molecule has 0 heterocycles. The van der Waals surface area contributed by atoms with E-state index in [-0.39, 0.29) is 18.4 Å². The number of amides is 2. The van der Waals surface area contributed by atoms with Crippen LogP contribution >= 0.6 is 0 Å². The molecule has 21 heavy (non-hydrogen) atoms. The quantitative estimate of drug-likeness (QED) is 0.905. The van der Waals surface area contributed by atoms with Gasteiger partial charge in [-0.1, -0.05) is 57.2 Å². The molecule has 0 spiro atoms. The van der Waals surface area contributed by atoms with Gasteiger partial charge >= 0.3 is 6.03 Å². The highest BCUT2D eigenvalue weighted by Gasteiger charge is 2.21. The van der Waals surface area contributed by atoms with Crippen LogP contribution in [0.15, 0.2) is 42.5 Å². The largest absolute Gasteiger partial charge is 0.331 e. The zero-order valence-electron chi connectivity index (χ0n) is 12.6. The minimum absolute atomic E-state index is 0.00410. The van der Waals surface area contributed by atoms with Crippen LogP contribution < -0.4 is 10.6 Å². The third-order valence-corrected chi connectivity index (χ3v) is 3.28. The summed E-state index contributed by atoms with van der Waals surface area (Å²) in [6.07, 6.45) is 0. The van der Waals surface area contributed by atoms with Crippen LogP contribution in [-0.4, -0.2) is 18.4 Å². The van der Waals surface area contributed by atoms with E-state index in [1.165, 1.54) is 0 Å². The van der Waals surface area contributed by atoms with Gasteiger partial charge in [0.1, 0.15) is 0 Å². The van der Waals surface area contributed by atoms with Crippen molar-refractivity contribution in [1.82, 2.24) is 5.32 Å². The number of Topliss-reactive ketones (excluding diaryl/α,β-unsaturated/α-hetero) is 1. The molecule has 0 unspecified atom stereocenters. The SMILES string of the molecule is CC(C)(C)C(=O)CNC(=O)Nc1cccc2ccccc12. The first kappa shape index (κ1) is 15.0. The number of hydrogen-bond acceptors (Lipinski definition) is 2. The van der Waals surface area contributed by atoms with Crippen molar-refractivity contribution < 1.29 is 9.59 Å². The number of anilines is 1. The van der Waals surface area contributed by atoms with Crippen molar-refractivity contribution in [2.45, 2.75) is 20.8 Å². The molecular weight excluding hydrogens is 264 g/mol. The summed E-state index contributed by atoms with van der Waals surface area (Å²) >= 11 is 0. The van der Waals surface area contributed by atoms with E-state index < -0.39 is 5.41 Å². The molecule has 0 aliphatic heterocycles. The number of ketones is 1. The maximum Gasteiger partial charge on any atom is 0.319 e. The van der Waals surface area contributed by atoms with Crippen molar-refractivity contribution in [3.05, 3.63) is 42.5 Å². The van der Waals surface area contributed by atoms with E-state index in [9.17, 15) is 9.59 Å². The Balaban J connectivity index is 2.04. The predicted molar refractivity (Wildman–Crippen MR) is 85.4 cm³/mol. The molecule has 0 saturated carbocycles. The van der Waals surface area contributed by atoms with E-state index in [0.717, 1.165) is 16.5 Å². The van der Waals surface area contributed by atoms with Crippen LogP contribution in [0.2, 0.25) is 0 Å². The molecule has 2 amide bonds. The fourth-order valence-electron chi connectivity index (χ4n) is 1.93. The second-order valence-corrected chi connectivity index (χ2v) is 6.01. The number of hydrogen-bond donors (Lipinski definition) is 2. The molecule has 2 aromatic rings. The molecule has 0 bridgehead atoms. The molecule has 0 aromatic heterocycles. The topological polar surface area (TPSA) is 58.2 Å². The lowest BCUT2D eigenvalue weighted by molar-refractivity contribution is -0.125. The Morgan fingerprint density at radius 1 is 1.00 bits per heavy atom. The maximum atomic E-state index is 11.9. The van der Waals surface area contributed by atoms with Crippen molar-refractivity contribution in [2.24, 2.45) is 5.41 Å². The minimum Gasteiger partial charge on any atom is -0.331 e. The Labute approximate surface area is 124 Å². The van der Waals surface area contributed by atoms with Crippen LogP contribution in [0.1, 0.15) is 20.8 Å². The maximum absolute atomic E-state index is 11.9. The summed E-state index contributed by atoms with van der Waals surface area (Å²) < 4.78 is 0. The lowest BCUT2D eigenvalue weighted by Crippen LogP contribution is -2.37. The van der Waals surface area contributed by atoms with E-state index in [4.69, 9.17) is 0 Å². The average Bonchev–Trinajstić information content (AvgIpc) is 2.44. The lowest BCUT2D eigenvalue weighted by Gasteiger charge is -2.17. The summed E-state index contributed by atoms with van der Waals surface area (Å²) in [5, 5.41) is 7.42. The predicted octanol–water partition coefficient (Wildman–Crippen LogP) is 3.58. The van der Waals surface area contributed by atoms with Crippen molar-refractivity contribution >= 4 is 28.3 Å². The van der Waals surface area contributed by atoms with Crippen molar-refractivity contribution in [3.63, 3.8) is 0 Å². The molecule has 0 atom stereocenters. The third kappa shape index (κ3) is 3.81. The number of urea groups is 1. The van der Waals surface area contributed by atoms with E-state index in [1.54, 1.807) is 0 Å². The van der Waals surface area contributed by atoms with Crippen LogP contribution in [0.25, 0.3) is 10.8 Å². The first-order valence-corrected chi connectivity index (χ1v) is 6.94. The molecule has 2 rings (SSSR count). The van der Waals surface area contributed by atoms with Gasteiger partial charge in [0.2, 0.25) is 0 Å². The number of fused-ring (bicyclic) bond motifs is 1. The zero-order chi connectivity index (χ0) is 15.5. The van der Waals surface area contributed by atoms with Crippen LogP contribution in [-0.2, 0) is 4.79 Å². The van der Waals surface area contributed by atoms with Gasteiger partial charge < -0.3 is 10.6 Å². The lowest BCUT2D eigenvalue weighted by atomic mass is 9.91. The Kier molecular flexibility index (Phi) is 4.26. The molecule has 110 valence electrons. The summed E-state index contributed by atoms with van der Waals surface area (Å²) in [5.41, 5.74) is 0.279. The third-order valence-electron chi connectivity index (χ3n) is 3.28. The van der Waals surface area contributed by atoms with E-state index in [2.05, 4.69) is 10.6 Å². The Morgan fingerprint density at radius 2 is 1.67 bits per heavy atom. The van der Waals surface area contributed by atoms with Crippen LogP contribution in [0.5, 0.6) is 0 Å². The first-order chi connectivity index (χ1) is 9.88. The first-order valence-electron chi connectivity index (χ1n) is 6.94. The van der Waals surface area contributed by atoms with Gasteiger partial charge in [0, 0.05) is 10.8 Å². The van der Waals surface area contributed by atoms with Gasteiger partial charge in [-0.15, -0.1) is 0 Å². The Bertz CT molecular complexity index is 667. The highest BCUT2D eigenvalue weighted by atomic mass is 16.2. The number of nitrogens with one attached hydrogen (secondary N) is 2. The molecule has 0 aliphatic carbocycles. The average molecular weight is 284 g/mol. The smallest absolute Gasteiger partial charge is 0.319 e. The van der Waals surface area contributed by atoms with Gasteiger partial charge in [-0.3, -0.25) is 4.79 Å². The Hall–Kier alpha value is -2.36. The molecule has 2 N–H and O–H groups in total. The standard InChI is InChI=1S/C17H20N2O2/c1-17(2,3)15(20)11-18-16(21)19-14-10-6-8-12-7-4-5-9-13(12)14/h4-10H,11H2,1-3H3,(H2,18,19,21). The molecule has 0 aliphatic rings. The molecular formula is C17H20N2O2. The number of carbonyl (C=O) groups is 2. The second kappa shape index (κ2) is 5.95. The molecule has 2 aromatic carbocycles. The van der Waals surface area contributed by atoms with Gasteiger partial charge in [-0.2, -0.15) is 0 Å². The number of carbonyl (C=O) groups excluding carboxylic acids is 2. The van der Waals surface area contributed by atoms with E-state index >= 15 is 0 Å². The number of rotatable bonds is 3. The van der Waals surface area contributed by atoms with Crippen LogP contribution in [0.3, 0.4) is 0 Å². The molecule has 0 radical (unpaired) electrons. The van der Waals surface area contributed by atoms with Crippen molar-refractivity contribution in [1.29, 1.82) is 0 Å². The van der Waals surface area contributed by atoms with E-state index in [1.807, 2.05) is 63.2 Å². The Morgan fingerprint density at radius 3 is 2.38 bits per heavy atom. The molecule has 0 fully saturated rings. The van der Waals surface area contributed by atoms with Gasteiger partial charge in [0.25, 0.3) is 0 Å². The summed E-state index contributed by atoms with van der Waals surface area (Å²) in [5.74, 6) is -0.00410. The fraction of sp³-hybridized carbons (Fsp3) is 0.294. The van der Waals surface area contributed by atoms with Crippen LogP contribution in [0, 0.1) is 5.41 Å². The zero-order valence-corrected chi connectivity index (χ0v) is 12.6. The minimum atomic E-state index is -0.452. The van der Waals surface area contributed by atoms with Crippen molar-refractivity contribution in [2.75, 3.05) is 11.9 Å². The summed E-state index contributed by atoms with van der Waals surface area (Å²) in [6.45, 7) is 5.53. The fourth-order valence-corrected chi connectivity index (χ4v) is 1.93. The number of benzene rings is 2. The van der Waals surface area contributed by atoms with Gasteiger partial charge in [0.05, 0.1) is 12.2 Å². The summed E-state index contributed by atoms with van der Waals surface area (Å²) in [6, 6.07) is 13.2. The summed E-state index contributed by atoms with van der Waals surface area (Å²) in [4.78, 5) is 23.7. The second-order valence-electron chi connectivity index (χ2n) is 6.01. The molecule has 0 saturated heterocycles. The molecule has 4 nitrogen and oxygen atoms in total. The molecule has 4 heteroatoms. The van der Waals surface area contributed by atoms with Gasteiger partial charge in [-0.05, 0) is 11.5 Å². The highest BCUT2D eigenvalue weighted by Crippen LogP contribution is 2.22. The van der Waals surface area contributed by atoms with Crippen molar-refractivity contribution in [3.8, 4) is 0 Å². The monoisotopic (exact) mass is 284 g/mol. The summed E-state index contributed by atoms with van der Waals surface area (Å²) in [7, 11) is 0. The van der Waals surface area contributed by atoms with Gasteiger partial charge in [0.15, 0.2) is 5.78 Å². The normalized spacial score (nSPS) is 11.2.